The van der Waals surface area contributed by atoms with Gasteiger partial charge in [-0.1, -0.05) is 24.3 Å². The van der Waals surface area contributed by atoms with Crippen LogP contribution in [0.25, 0.3) is 21.7 Å². The number of rotatable bonds is 24. The quantitative estimate of drug-likeness (QED) is 0.0241. The highest BCUT2D eigenvalue weighted by Crippen LogP contribution is 2.46. The molecule has 0 saturated heterocycles. The fraction of sp³-hybridized carbons (Fsp3) is 0.232. The molecule has 8 aromatic heterocycles. The van der Waals surface area contributed by atoms with Gasteiger partial charge in [0.15, 0.2) is 23.3 Å². The molecule has 1 aliphatic heterocycles. The van der Waals surface area contributed by atoms with Crippen LogP contribution in [0, 0.1) is 0 Å². The summed E-state index contributed by atoms with van der Waals surface area (Å²) >= 11 is 6.42. The highest BCUT2D eigenvalue weighted by molar-refractivity contribution is 6.20. The molecule has 0 radical (unpaired) electrons. The van der Waals surface area contributed by atoms with Crippen LogP contribution in [0.2, 0.25) is 0 Å². The molecule has 12 N–H and O–H groups in total. The number of aromatic amines is 1. The predicted octanol–water partition coefficient (Wildman–Crippen LogP) is 6.09. The number of aromatic hydroxyl groups is 1. The van der Waals surface area contributed by atoms with Crippen LogP contribution >= 0.6 is 11.6 Å². The second-order valence-electron chi connectivity index (χ2n) is 25.0. The van der Waals surface area contributed by atoms with Gasteiger partial charge in [-0.05, 0) is 59.8 Å². The lowest BCUT2D eigenvalue weighted by Crippen LogP contribution is -2.30. The molecule has 0 aliphatic carbocycles. The summed E-state index contributed by atoms with van der Waals surface area (Å²) in [5.74, 6) is -5.36. The molecule has 0 saturated carbocycles. The van der Waals surface area contributed by atoms with Gasteiger partial charge in [0.1, 0.15) is 28.5 Å². The van der Waals surface area contributed by atoms with Crippen LogP contribution in [0.1, 0.15) is 122 Å². The van der Waals surface area contributed by atoms with Gasteiger partial charge >= 0.3 is 0 Å². The molecule has 9 heterocycles. The van der Waals surface area contributed by atoms with E-state index in [1.54, 1.807) is 95.3 Å². The minimum Gasteiger partial charge on any atom is -0.507 e. The number of nitrogens with one attached hydrogen (secondary N) is 11. The van der Waals surface area contributed by atoms with Crippen molar-refractivity contribution in [2.45, 2.75) is 32.1 Å². The van der Waals surface area contributed by atoms with Crippen LogP contribution in [0.15, 0.2) is 116 Å². The van der Waals surface area contributed by atoms with Gasteiger partial charge in [0.05, 0.1) is 22.7 Å². The highest BCUT2D eigenvalue weighted by Gasteiger charge is 2.36. The fourth-order valence-electron chi connectivity index (χ4n) is 12.2. The highest BCUT2D eigenvalue weighted by atomic mass is 35.5. The number of H-pyrrole nitrogens is 1. The molecular formula is C69H70ClN23O12. The van der Waals surface area contributed by atoms with E-state index >= 15 is 0 Å². The summed E-state index contributed by atoms with van der Waals surface area (Å²) in [6.45, 7) is 1.62. The van der Waals surface area contributed by atoms with Crippen LogP contribution in [0.5, 0.6) is 5.75 Å². The molecule has 36 heteroatoms. The van der Waals surface area contributed by atoms with Gasteiger partial charge in [-0.2, -0.15) is 0 Å². The number of phenols is 1. The van der Waals surface area contributed by atoms with E-state index in [2.05, 4.69) is 78.1 Å². The molecule has 12 rings (SSSR count). The molecule has 11 aromatic rings. The van der Waals surface area contributed by atoms with Crippen molar-refractivity contribution in [3.8, 4) is 5.75 Å². The summed E-state index contributed by atoms with van der Waals surface area (Å²) in [5, 5.41) is 39.9. The number of nitrogens with zero attached hydrogens (tertiary/aromatic N) is 12. The van der Waals surface area contributed by atoms with Crippen molar-refractivity contribution in [2.75, 3.05) is 72.9 Å². The van der Waals surface area contributed by atoms with Gasteiger partial charge in [-0.25, -0.2) is 19.9 Å². The van der Waals surface area contributed by atoms with E-state index in [-0.39, 0.29) is 137 Å². The summed E-state index contributed by atoms with van der Waals surface area (Å²) in [6.07, 6.45) is 10.4. The molecule has 0 fully saturated rings. The Morgan fingerprint density at radius 3 is 1.47 bits per heavy atom. The lowest BCUT2D eigenvalue weighted by molar-refractivity contribution is -0.117. The largest absolute Gasteiger partial charge is 0.507 e. The molecular weight excluding hydrogens is 1380 g/mol. The first-order valence-corrected chi connectivity index (χ1v) is 33.1. The number of benzene rings is 3. The minimum absolute atomic E-state index is 0.0181. The molecule has 1 unspecified atom stereocenters. The predicted molar refractivity (Wildman–Crippen MR) is 388 cm³/mol. The molecule has 3 aromatic carbocycles. The second-order valence-corrected chi connectivity index (χ2v) is 25.3. The average Bonchev–Trinajstić information content (AvgIpc) is 1.61. The Kier molecular flexibility index (Phi) is 20.0. The SMILES string of the molecule is CC(=O)Nc1cn(C)c(C(=O)Nc2cn(C)c(C(=O)NCCC(=O)Nc3cn(C)c(C(=O)Nc4cc(C(=O)NCCCC(=O)Nc5cn(C)c(C(=O)Nc6cc(C(=O)Nc7cc(C(=O)Nc8ccc9[nH]c(C(=O)N%10CC(CCl)c%11c%10cc(O)c%10ccccc%11%10)cc9c8)n(C)c7)n(C)c6)n5)n(C)c4)n3)n2)n1. The van der Waals surface area contributed by atoms with Crippen molar-refractivity contribution < 1.29 is 57.8 Å². The molecule has 540 valence electrons. The van der Waals surface area contributed by atoms with E-state index in [0.717, 1.165) is 10.9 Å². The number of phenolic OH excluding ortho intramolecular Hbond substituents is 1. The third-order valence-corrected chi connectivity index (χ3v) is 17.4. The maximum absolute atomic E-state index is 14.1. The van der Waals surface area contributed by atoms with E-state index in [4.69, 9.17) is 11.6 Å². The summed E-state index contributed by atoms with van der Waals surface area (Å²) < 4.78 is 10.2. The number of fused-ring (bicyclic) bond motifs is 4. The first-order valence-electron chi connectivity index (χ1n) is 32.5. The lowest BCUT2D eigenvalue weighted by atomic mass is 9.95. The third kappa shape index (κ3) is 15.5. The number of carbonyl (C=O) groups is 11. The standard InChI is InChI=1S/C69H70ClN23O12/c1-35(94)73-51-31-90(6)61(81-51)68(104)85-54-34-89(5)58(84-54)65(101)72-19-17-56(97)80-53-33-92(8)60(83-53)66(102)76-40-22-47(86(2)29-40)62(98)71-18-11-14-55(96)79-52-32-91(7)59(82-52)67(103)77-41-24-49(88(4)30-41)64(100)75-39-23-48(87(3)28-39)63(99)74-38-15-16-44-36(20-38)21-45(78-44)69(105)93-27-37(26-70)57-43-13-10-9-12-42(43)50(95)25-46(57)93/h9-10,12-13,15-16,20-25,28-34,37,78,95H,11,14,17-19,26-27H2,1-8H3,(H,71,98)(H,72,101)(H,73,94)(H,74,99)(H,75,100)(H,76,102)(H,77,103)(H,79,96)(H,80,97)(H,85,104). The number of aromatic nitrogens is 12. The smallest absolute Gasteiger partial charge is 0.292 e. The molecule has 11 amide bonds. The monoisotopic (exact) mass is 1450 g/mol. The molecule has 0 spiro atoms. The van der Waals surface area contributed by atoms with Crippen molar-refractivity contribution in [1.29, 1.82) is 0 Å². The van der Waals surface area contributed by atoms with Gasteiger partial charge in [0.2, 0.25) is 41.0 Å². The number of aryl methyl sites for hydroxylation is 7. The number of hydrogen-bond donors (Lipinski definition) is 12. The van der Waals surface area contributed by atoms with E-state index in [1.165, 1.54) is 89.7 Å². The topological polar surface area (TPSA) is 433 Å². The van der Waals surface area contributed by atoms with Gasteiger partial charge in [0.25, 0.3) is 47.3 Å². The fourth-order valence-corrected chi connectivity index (χ4v) is 12.4. The average molecular weight is 1450 g/mol. The number of imidazole rings is 4. The molecule has 35 nitrogen and oxygen atoms in total. The Hall–Kier alpha value is -13.6. The van der Waals surface area contributed by atoms with Crippen LogP contribution in [-0.4, -0.2) is 152 Å². The molecule has 105 heavy (non-hydrogen) atoms. The number of alkyl halides is 1. The lowest BCUT2D eigenvalue weighted by Gasteiger charge is -2.17. The number of hydrogen-bond acceptors (Lipinski definition) is 16. The molecule has 1 atom stereocenters. The Morgan fingerprint density at radius 1 is 0.476 bits per heavy atom. The van der Waals surface area contributed by atoms with E-state index in [0.29, 0.717) is 45.6 Å². The Bertz CT molecular complexity index is 5390. The first kappa shape index (κ1) is 71.2. The van der Waals surface area contributed by atoms with Crippen molar-refractivity contribution >= 4 is 150 Å². The van der Waals surface area contributed by atoms with Crippen LogP contribution < -0.4 is 58.1 Å². The van der Waals surface area contributed by atoms with E-state index in [9.17, 15) is 57.8 Å². The van der Waals surface area contributed by atoms with Crippen LogP contribution in [0.3, 0.4) is 0 Å². The first-order chi connectivity index (χ1) is 50.1. The Labute approximate surface area is 600 Å². The Morgan fingerprint density at radius 2 is 0.933 bits per heavy atom. The third-order valence-electron chi connectivity index (χ3n) is 17.1. The zero-order valence-electron chi connectivity index (χ0n) is 57.7. The van der Waals surface area contributed by atoms with Gasteiger partial charge in [0, 0.05) is 172 Å². The zero-order valence-corrected chi connectivity index (χ0v) is 58.4. The summed E-state index contributed by atoms with van der Waals surface area (Å²) in [5.41, 5.74) is 4.33. The Balaban J connectivity index is 0.557. The zero-order chi connectivity index (χ0) is 74.8. The van der Waals surface area contributed by atoms with Gasteiger partial charge in [-0.15, -0.1) is 11.6 Å². The van der Waals surface area contributed by atoms with Crippen molar-refractivity contribution in [1.82, 2.24) is 67.5 Å². The summed E-state index contributed by atoms with van der Waals surface area (Å²) in [7, 11) is 11.1. The van der Waals surface area contributed by atoms with Gasteiger partial charge < -0.3 is 100 Å². The maximum Gasteiger partial charge on any atom is 0.292 e. The van der Waals surface area contributed by atoms with E-state index < -0.39 is 53.2 Å². The maximum atomic E-state index is 14.1. The minimum atomic E-state index is -0.655. The van der Waals surface area contributed by atoms with E-state index in [1.807, 2.05) is 24.3 Å². The number of anilines is 9. The van der Waals surface area contributed by atoms with Crippen LogP contribution in [-0.2, 0) is 63.7 Å². The molecule has 0 bridgehead atoms. The summed E-state index contributed by atoms with van der Waals surface area (Å²) in [6, 6.07) is 20.4. The van der Waals surface area contributed by atoms with Crippen molar-refractivity contribution in [3.05, 3.63) is 168 Å². The second kappa shape index (κ2) is 29.5. The normalized spacial score (nSPS) is 12.4. The van der Waals surface area contributed by atoms with Crippen molar-refractivity contribution in [2.24, 2.45) is 49.3 Å². The number of halogens is 1. The number of carbonyl (C=O) groups excluding carboxylic acids is 11. The van der Waals surface area contributed by atoms with Crippen LogP contribution in [0.4, 0.5) is 51.7 Å². The van der Waals surface area contributed by atoms with Gasteiger partial charge in [-0.3, -0.25) is 52.7 Å². The summed E-state index contributed by atoms with van der Waals surface area (Å²) in [4.78, 5) is 166. The molecule has 1 aliphatic rings. The van der Waals surface area contributed by atoms with Crippen molar-refractivity contribution in [3.63, 3.8) is 0 Å². The number of amides is 11.